The molecular weight excluding hydrogens is 692 g/mol. The van der Waals surface area contributed by atoms with Crippen LogP contribution < -0.4 is 37.1 Å². The summed E-state index contributed by atoms with van der Waals surface area (Å²) in [4.78, 5) is 64.4. The third-order valence-electron chi connectivity index (χ3n) is 7.92. The molecule has 0 aromatic heterocycles. The summed E-state index contributed by atoms with van der Waals surface area (Å²) in [5, 5.41) is 23.8. The number of ether oxygens (including phenoxy) is 5. The highest BCUT2D eigenvalue weighted by molar-refractivity contribution is 5.94. The Morgan fingerprint density at radius 2 is 1.34 bits per heavy atom. The molecule has 0 spiro atoms. The lowest BCUT2D eigenvalue weighted by molar-refractivity contribution is -0.135. The summed E-state index contributed by atoms with van der Waals surface area (Å²) in [7, 11) is 2.96. The molecule has 0 aliphatic heterocycles. The van der Waals surface area contributed by atoms with Gasteiger partial charge in [0.25, 0.3) is 0 Å². The van der Waals surface area contributed by atoms with Gasteiger partial charge in [-0.1, -0.05) is 31.9 Å². The maximum atomic E-state index is 13.3. The Bertz CT molecular complexity index is 1190. The normalized spacial score (nSPS) is 13.2. The minimum absolute atomic E-state index is 0.0172. The first-order chi connectivity index (χ1) is 25.6. The van der Waals surface area contributed by atoms with Crippen LogP contribution in [0.2, 0.25) is 0 Å². The van der Waals surface area contributed by atoms with Gasteiger partial charge in [0.15, 0.2) is 0 Å². The number of amides is 5. The maximum absolute atomic E-state index is 13.3. The third kappa shape index (κ3) is 21.4. The number of unbranched alkanes of at least 4 members (excludes halogenated alkanes) is 1. The number of methoxy groups -OCH3 is 1. The van der Waals surface area contributed by atoms with E-state index in [1.54, 1.807) is 19.2 Å². The van der Waals surface area contributed by atoms with Crippen molar-refractivity contribution in [1.29, 1.82) is 0 Å². The van der Waals surface area contributed by atoms with Gasteiger partial charge in [-0.05, 0) is 56.8 Å². The smallest absolute Gasteiger partial charge is 0.245 e. The number of likely N-dealkylation sites (N-methyl/N-ethyl adjacent to an activating group) is 1. The van der Waals surface area contributed by atoms with Gasteiger partial charge in [0.1, 0.15) is 23.9 Å². The molecule has 5 amide bonds. The van der Waals surface area contributed by atoms with E-state index >= 15 is 0 Å². The van der Waals surface area contributed by atoms with Crippen LogP contribution in [0.15, 0.2) is 24.3 Å². The molecular formula is C36H62N6O11. The lowest BCUT2D eigenvalue weighted by atomic mass is 10.0. The molecule has 1 unspecified atom stereocenters. The average molecular weight is 755 g/mol. The van der Waals surface area contributed by atoms with Crippen LogP contribution in [0, 0.1) is 0 Å². The first-order valence-electron chi connectivity index (χ1n) is 18.3. The van der Waals surface area contributed by atoms with Gasteiger partial charge >= 0.3 is 0 Å². The average Bonchev–Trinajstić information content (AvgIpc) is 3.16. The highest BCUT2D eigenvalue weighted by Crippen LogP contribution is 2.14. The Balaban J connectivity index is 2.71. The molecule has 1 aromatic carbocycles. The van der Waals surface area contributed by atoms with E-state index < -0.39 is 60.3 Å². The Morgan fingerprint density at radius 1 is 0.736 bits per heavy atom. The Labute approximate surface area is 313 Å². The van der Waals surface area contributed by atoms with E-state index in [0.717, 1.165) is 12.0 Å². The van der Waals surface area contributed by atoms with Gasteiger partial charge in [0.2, 0.25) is 29.5 Å². The van der Waals surface area contributed by atoms with E-state index in [0.29, 0.717) is 64.7 Å². The lowest BCUT2D eigenvalue weighted by Gasteiger charge is -2.26. The quantitative estimate of drug-likeness (QED) is 0.0467. The van der Waals surface area contributed by atoms with Crippen LogP contribution in [0.1, 0.15) is 57.9 Å². The molecule has 0 heterocycles. The van der Waals surface area contributed by atoms with Crippen molar-refractivity contribution in [1.82, 2.24) is 26.6 Å². The van der Waals surface area contributed by atoms with Gasteiger partial charge in [0.05, 0.1) is 66.0 Å². The van der Waals surface area contributed by atoms with Gasteiger partial charge in [0, 0.05) is 20.1 Å². The summed E-state index contributed by atoms with van der Waals surface area (Å²) in [6.07, 6.45) is 1.00. The summed E-state index contributed by atoms with van der Waals surface area (Å²) < 4.78 is 26.6. The maximum Gasteiger partial charge on any atom is 0.245 e. The van der Waals surface area contributed by atoms with Crippen LogP contribution in [0.25, 0.3) is 0 Å². The van der Waals surface area contributed by atoms with E-state index in [-0.39, 0.29) is 39.0 Å². The van der Waals surface area contributed by atoms with Crippen molar-refractivity contribution in [3.8, 4) is 5.75 Å². The van der Waals surface area contributed by atoms with Gasteiger partial charge in [-0.15, -0.1) is 0 Å². The standard InChI is InChI=1S/C36H62N6O11/c1-5-7-8-28(40-31(44)16-18-51-21-22-53-24-23-52-20-19-50-6-2)35(47)39-25-32(45)42-33(36(48)41-29(15-17-37)34(46)38-3)30(43)14-11-26-9-12-27(49-4)13-10-26/h9-10,12-13,28-30,33,43H,5-8,11,14-25,37H2,1-4H3,(H,38,46)(H,39,47)(H,40,44)(H,41,48)(H,42,45)/t28-,29?,30+,33-/m0/s1. The Hall–Kier alpha value is -3.87. The first-order valence-corrected chi connectivity index (χ1v) is 18.3. The molecule has 1 rings (SSSR count). The zero-order valence-corrected chi connectivity index (χ0v) is 31.7. The fraction of sp³-hybridized carbons (Fsp3) is 0.694. The summed E-state index contributed by atoms with van der Waals surface area (Å²) in [6, 6.07) is 3.82. The molecule has 17 nitrogen and oxygen atoms in total. The van der Waals surface area contributed by atoms with Crippen LogP contribution in [-0.4, -0.2) is 139 Å². The molecule has 302 valence electrons. The SMILES string of the molecule is CCCC[C@H](NC(=O)CCOCCOCCOCCOCC)C(=O)NCC(=O)N[C@H](C(=O)NC(CCN)C(=O)NC)[C@H](O)CCc1ccc(OC)cc1. The predicted octanol–water partition coefficient (Wildman–Crippen LogP) is -0.679. The van der Waals surface area contributed by atoms with E-state index in [4.69, 9.17) is 29.4 Å². The second-order valence-electron chi connectivity index (χ2n) is 12.0. The van der Waals surface area contributed by atoms with E-state index in [1.165, 1.54) is 7.05 Å². The summed E-state index contributed by atoms with van der Waals surface area (Å²) >= 11 is 0. The second-order valence-corrected chi connectivity index (χ2v) is 12.0. The zero-order valence-electron chi connectivity index (χ0n) is 31.7. The van der Waals surface area contributed by atoms with Crippen molar-refractivity contribution in [2.24, 2.45) is 5.73 Å². The number of aryl methyl sites for hydroxylation is 1. The van der Waals surface area contributed by atoms with Crippen molar-refractivity contribution >= 4 is 29.5 Å². The molecule has 0 aliphatic rings. The minimum Gasteiger partial charge on any atom is -0.497 e. The summed E-state index contributed by atoms with van der Waals surface area (Å²) in [5.41, 5.74) is 6.49. The number of hydrogen-bond donors (Lipinski definition) is 7. The number of carbonyl (C=O) groups excluding carboxylic acids is 5. The molecule has 8 N–H and O–H groups in total. The van der Waals surface area contributed by atoms with Gasteiger partial charge in [-0.25, -0.2) is 0 Å². The van der Waals surface area contributed by atoms with Crippen LogP contribution in [-0.2, 0) is 49.3 Å². The minimum atomic E-state index is -1.46. The molecule has 4 atom stereocenters. The van der Waals surface area contributed by atoms with Crippen molar-refractivity contribution in [2.45, 2.75) is 83.0 Å². The summed E-state index contributed by atoms with van der Waals surface area (Å²) in [6.45, 7) is 6.72. The number of nitrogens with one attached hydrogen (secondary N) is 5. The van der Waals surface area contributed by atoms with Crippen LogP contribution in [0.5, 0.6) is 5.75 Å². The van der Waals surface area contributed by atoms with Crippen molar-refractivity contribution in [3.05, 3.63) is 29.8 Å². The Morgan fingerprint density at radius 3 is 1.91 bits per heavy atom. The van der Waals surface area contributed by atoms with Gasteiger partial charge in [-0.2, -0.15) is 0 Å². The van der Waals surface area contributed by atoms with E-state index in [1.807, 2.05) is 26.0 Å². The fourth-order valence-electron chi connectivity index (χ4n) is 4.91. The number of hydrogen-bond acceptors (Lipinski definition) is 12. The molecule has 17 heteroatoms. The number of carbonyl (C=O) groups is 5. The third-order valence-corrected chi connectivity index (χ3v) is 7.92. The van der Waals surface area contributed by atoms with E-state index in [9.17, 15) is 29.1 Å². The lowest BCUT2D eigenvalue weighted by Crippen LogP contribution is -2.59. The summed E-state index contributed by atoms with van der Waals surface area (Å²) in [5.74, 6) is -2.35. The molecule has 53 heavy (non-hydrogen) atoms. The highest BCUT2D eigenvalue weighted by Gasteiger charge is 2.32. The number of aliphatic hydroxyl groups is 1. The van der Waals surface area contributed by atoms with Crippen LogP contribution >= 0.6 is 0 Å². The molecule has 0 radical (unpaired) electrons. The zero-order chi connectivity index (χ0) is 39.3. The van der Waals surface area contributed by atoms with Crippen LogP contribution in [0.3, 0.4) is 0 Å². The number of aliphatic hydroxyl groups excluding tert-OH is 1. The van der Waals surface area contributed by atoms with Crippen molar-refractivity contribution < 1.29 is 52.8 Å². The second kappa shape index (κ2) is 29.6. The first kappa shape index (κ1) is 47.2. The van der Waals surface area contributed by atoms with Crippen molar-refractivity contribution in [2.75, 3.05) is 80.1 Å². The van der Waals surface area contributed by atoms with Gasteiger partial charge in [-0.3, -0.25) is 24.0 Å². The van der Waals surface area contributed by atoms with Gasteiger partial charge < -0.3 is 61.1 Å². The number of nitrogens with two attached hydrogens (primary N) is 1. The molecule has 1 aromatic rings. The molecule has 0 aliphatic carbocycles. The fourth-order valence-corrected chi connectivity index (χ4v) is 4.91. The molecule has 0 saturated heterocycles. The number of benzene rings is 1. The number of rotatable bonds is 31. The molecule has 0 saturated carbocycles. The van der Waals surface area contributed by atoms with Crippen LogP contribution in [0.4, 0.5) is 0 Å². The topological polar surface area (TPSA) is 238 Å². The largest absolute Gasteiger partial charge is 0.497 e. The monoisotopic (exact) mass is 754 g/mol. The van der Waals surface area contributed by atoms with Crippen molar-refractivity contribution in [3.63, 3.8) is 0 Å². The molecule has 0 bridgehead atoms. The Kier molecular flexibility index (Phi) is 26.3. The van der Waals surface area contributed by atoms with E-state index in [2.05, 4.69) is 26.6 Å². The molecule has 0 fully saturated rings. The predicted molar refractivity (Wildman–Crippen MR) is 197 cm³/mol. The highest BCUT2D eigenvalue weighted by atomic mass is 16.6.